The number of benzene rings is 1. The van der Waals surface area contributed by atoms with E-state index < -0.39 is 0 Å². The third kappa shape index (κ3) is 5.55. The Bertz CT molecular complexity index is 1390. The topological polar surface area (TPSA) is 93.9 Å². The summed E-state index contributed by atoms with van der Waals surface area (Å²) < 4.78 is 12.0. The molecule has 10 heteroatoms. The zero-order chi connectivity index (χ0) is 27.6. The second-order valence-corrected chi connectivity index (χ2v) is 11.2. The van der Waals surface area contributed by atoms with Crippen molar-refractivity contribution in [1.82, 2.24) is 19.9 Å². The maximum atomic E-state index is 9.54. The summed E-state index contributed by atoms with van der Waals surface area (Å²) >= 11 is 0. The van der Waals surface area contributed by atoms with Crippen LogP contribution < -0.4 is 14.7 Å². The molecule has 1 unspecified atom stereocenters. The molecule has 0 radical (unpaired) electrons. The number of hydrogen-bond acceptors (Lipinski definition) is 10. The first kappa shape index (κ1) is 26.7. The van der Waals surface area contributed by atoms with Gasteiger partial charge in [0.2, 0.25) is 5.95 Å². The molecule has 3 aliphatic heterocycles. The van der Waals surface area contributed by atoms with Crippen LogP contribution in [0.4, 0.5) is 17.5 Å². The summed E-state index contributed by atoms with van der Waals surface area (Å²) in [7, 11) is 1.78. The van der Waals surface area contributed by atoms with Gasteiger partial charge in [0.25, 0.3) is 0 Å². The molecule has 3 saturated heterocycles. The van der Waals surface area contributed by atoms with Crippen molar-refractivity contribution in [2.75, 3.05) is 80.7 Å². The van der Waals surface area contributed by atoms with Crippen LogP contribution in [0.15, 0.2) is 36.5 Å². The lowest BCUT2D eigenvalue weighted by Gasteiger charge is -2.42. The number of hydrogen-bond donors (Lipinski definition) is 0. The molecule has 0 amide bonds. The summed E-state index contributed by atoms with van der Waals surface area (Å²) in [4.78, 5) is 23.7. The second-order valence-electron chi connectivity index (χ2n) is 11.2. The summed E-state index contributed by atoms with van der Waals surface area (Å²) in [6.45, 7) is 12.3. The highest BCUT2D eigenvalue weighted by molar-refractivity contribution is 5.95. The van der Waals surface area contributed by atoms with Crippen LogP contribution in [-0.2, 0) is 9.47 Å². The van der Waals surface area contributed by atoms with Crippen LogP contribution >= 0.6 is 0 Å². The molecule has 3 aromatic rings. The number of fused-ring (bicyclic) bond motifs is 1. The fourth-order valence-corrected chi connectivity index (χ4v) is 6.26. The lowest BCUT2D eigenvalue weighted by molar-refractivity contribution is -0.0327. The standard InChI is InChI=1S/C30H38N8O2/c1-21-15-28(34-30(33-21)37-10-8-24(19-37)39-3)36-13-11-35(12-14-36)18-25-20-38(17-22(2)40-25)27-7-6-23(16-31)29-26(27)5-4-9-32-29/h4-7,9,15,22,24-25H,8,10-14,17-20H2,1-3H3/t22-,24?,25+/m1/s1. The van der Waals surface area contributed by atoms with Gasteiger partial charge in [-0.3, -0.25) is 9.88 Å². The molecule has 40 heavy (non-hydrogen) atoms. The molecule has 1 aromatic carbocycles. The largest absolute Gasteiger partial charge is 0.380 e. The molecule has 0 spiro atoms. The van der Waals surface area contributed by atoms with Crippen LogP contribution in [0.3, 0.4) is 0 Å². The number of ether oxygens (including phenoxy) is 2. The molecular weight excluding hydrogens is 504 g/mol. The highest BCUT2D eigenvalue weighted by Crippen LogP contribution is 2.30. The zero-order valence-electron chi connectivity index (χ0n) is 23.7. The summed E-state index contributed by atoms with van der Waals surface area (Å²) in [5.41, 5.74) is 3.50. The molecule has 0 saturated carbocycles. The number of rotatable bonds is 6. The van der Waals surface area contributed by atoms with Crippen LogP contribution in [0.25, 0.3) is 10.9 Å². The predicted molar refractivity (Wildman–Crippen MR) is 156 cm³/mol. The molecule has 3 atom stereocenters. The average molecular weight is 543 g/mol. The Labute approximate surface area is 236 Å². The summed E-state index contributed by atoms with van der Waals surface area (Å²) in [6.07, 6.45) is 3.25. The molecule has 2 aromatic heterocycles. The maximum Gasteiger partial charge on any atom is 0.227 e. The molecule has 10 nitrogen and oxygen atoms in total. The van der Waals surface area contributed by atoms with E-state index in [1.54, 1.807) is 13.3 Å². The minimum Gasteiger partial charge on any atom is -0.380 e. The van der Waals surface area contributed by atoms with Gasteiger partial charge in [-0.1, -0.05) is 0 Å². The van der Waals surface area contributed by atoms with Gasteiger partial charge >= 0.3 is 0 Å². The van der Waals surface area contributed by atoms with E-state index >= 15 is 0 Å². The van der Waals surface area contributed by atoms with Gasteiger partial charge in [-0.15, -0.1) is 0 Å². The van der Waals surface area contributed by atoms with Gasteiger partial charge in [0, 0.05) is 95.0 Å². The normalized spacial score (nSPS) is 24.1. The van der Waals surface area contributed by atoms with Crippen molar-refractivity contribution in [2.45, 2.75) is 38.6 Å². The number of nitrogens with zero attached hydrogens (tertiary/aromatic N) is 8. The highest BCUT2D eigenvalue weighted by atomic mass is 16.5. The number of morpholine rings is 1. The van der Waals surface area contributed by atoms with E-state index in [9.17, 15) is 5.26 Å². The molecule has 210 valence electrons. The summed E-state index contributed by atoms with van der Waals surface area (Å²) in [5.74, 6) is 1.82. The molecule has 0 bridgehead atoms. The summed E-state index contributed by atoms with van der Waals surface area (Å²) in [6, 6.07) is 12.3. The smallest absolute Gasteiger partial charge is 0.227 e. The Morgan fingerprint density at radius 1 is 1.02 bits per heavy atom. The Morgan fingerprint density at radius 3 is 2.65 bits per heavy atom. The van der Waals surface area contributed by atoms with E-state index in [1.807, 2.05) is 12.1 Å². The first-order valence-electron chi connectivity index (χ1n) is 14.3. The maximum absolute atomic E-state index is 9.54. The minimum absolute atomic E-state index is 0.106. The van der Waals surface area contributed by atoms with Crippen molar-refractivity contribution >= 4 is 28.4 Å². The Hall–Kier alpha value is -3.52. The number of anilines is 3. The fraction of sp³-hybridized carbons (Fsp3) is 0.533. The Morgan fingerprint density at radius 2 is 1.88 bits per heavy atom. The van der Waals surface area contributed by atoms with E-state index in [0.717, 1.165) is 99.4 Å². The van der Waals surface area contributed by atoms with Gasteiger partial charge in [0.1, 0.15) is 11.9 Å². The minimum atomic E-state index is 0.106. The van der Waals surface area contributed by atoms with Crippen LogP contribution in [0.5, 0.6) is 0 Å². The number of piperazine rings is 1. The van der Waals surface area contributed by atoms with E-state index in [4.69, 9.17) is 19.4 Å². The number of aryl methyl sites for hydroxylation is 1. The third-order valence-electron chi connectivity index (χ3n) is 8.28. The number of methoxy groups -OCH3 is 1. The molecule has 5 heterocycles. The van der Waals surface area contributed by atoms with Crippen LogP contribution in [0, 0.1) is 18.3 Å². The highest BCUT2D eigenvalue weighted by Gasteiger charge is 2.30. The van der Waals surface area contributed by atoms with Crippen molar-refractivity contribution in [3.63, 3.8) is 0 Å². The second kappa shape index (κ2) is 11.5. The number of aromatic nitrogens is 3. The molecule has 6 rings (SSSR count). The van der Waals surface area contributed by atoms with Crippen molar-refractivity contribution in [3.8, 4) is 6.07 Å². The van der Waals surface area contributed by atoms with Crippen molar-refractivity contribution in [2.24, 2.45) is 0 Å². The molecule has 0 N–H and O–H groups in total. The lowest BCUT2D eigenvalue weighted by Crippen LogP contribution is -2.54. The SMILES string of the molecule is COC1CCN(c2nc(C)cc(N3CCN(C[C@H]4CN(c5ccc(C#N)c6ncccc56)C[C@@H](C)O4)CC3)n2)C1. The average Bonchev–Trinajstić information content (AvgIpc) is 3.46. The van der Waals surface area contributed by atoms with Crippen LogP contribution in [0.2, 0.25) is 0 Å². The van der Waals surface area contributed by atoms with Crippen molar-refractivity contribution in [3.05, 3.63) is 47.8 Å². The van der Waals surface area contributed by atoms with Crippen molar-refractivity contribution in [1.29, 1.82) is 5.26 Å². The predicted octanol–water partition coefficient (Wildman–Crippen LogP) is 2.85. The van der Waals surface area contributed by atoms with E-state index in [2.05, 4.69) is 62.7 Å². The number of pyridine rings is 1. The van der Waals surface area contributed by atoms with Gasteiger partial charge in [-0.2, -0.15) is 10.2 Å². The van der Waals surface area contributed by atoms with Gasteiger partial charge in [-0.25, -0.2) is 4.98 Å². The monoisotopic (exact) mass is 542 g/mol. The fourth-order valence-electron chi connectivity index (χ4n) is 6.26. The third-order valence-corrected chi connectivity index (χ3v) is 8.28. The summed E-state index contributed by atoms with van der Waals surface area (Å²) in [5, 5.41) is 10.6. The molecule has 3 aliphatic rings. The first-order chi connectivity index (χ1) is 19.5. The number of nitriles is 1. The van der Waals surface area contributed by atoms with E-state index in [1.165, 1.54) is 0 Å². The molecular formula is C30H38N8O2. The van der Waals surface area contributed by atoms with Crippen molar-refractivity contribution < 1.29 is 9.47 Å². The van der Waals surface area contributed by atoms with Crippen LogP contribution in [-0.4, -0.2) is 104 Å². The van der Waals surface area contributed by atoms with Gasteiger partial charge < -0.3 is 24.2 Å². The van der Waals surface area contributed by atoms with Gasteiger partial charge in [-0.05, 0) is 44.5 Å². The van der Waals surface area contributed by atoms with Gasteiger partial charge in [0.05, 0.1) is 29.4 Å². The first-order valence-corrected chi connectivity index (χ1v) is 14.3. The van der Waals surface area contributed by atoms with E-state index in [-0.39, 0.29) is 18.3 Å². The zero-order valence-corrected chi connectivity index (χ0v) is 23.7. The van der Waals surface area contributed by atoms with Gasteiger partial charge in [0.15, 0.2) is 0 Å². The molecule has 0 aliphatic carbocycles. The van der Waals surface area contributed by atoms with Crippen LogP contribution in [0.1, 0.15) is 24.6 Å². The Kier molecular flexibility index (Phi) is 7.69. The quantitative estimate of drug-likeness (QED) is 0.463. The molecule has 3 fully saturated rings. The van der Waals surface area contributed by atoms with E-state index in [0.29, 0.717) is 5.56 Å². The lowest BCUT2D eigenvalue weighted by atomic mass is 10.1. The Balaban J connectivity index is 1.09.